The van der Waals surface area contributed by atoms with Crippen molar-refractivity contribution in [1.29, 1.82) is 0 Å². The lowest BCUT2D eigenvalue weighted by molar-refractivity contribution is -0.139. The molecule has 1 aliphatic rings. The van der Waals surface area contributed by atoms with Crippen LogP contribution in [0, 0.1) is 0 Å². The molecule has 1 saturated heterocycles. The Bertz CT molecular complexity index is 1100. The molecule has 0 spiro atoms. The summed E-state index contributed by atoms with van der Waals surface area (Å²) in [7, 11) is 1.59. The second-order valence-electron chi connectivity index (χ2n) is 6.70. The Morgan fingerprint density at radius 1 is 1.21 bits per heavy atom. The third-order valence-electron chi connectivity index (χ3n) is 4.47. The van der Waals surface area contributed by atoms with Gasteiger partial charge in [0.1, 0.15) is 5.75 Å². The number of hydrogen-bond acceptors (Lipinski definition) is 7. The predicted octanol–water partition coefficient (Wildman–Crippen LogP) is 4.83. The van der Waals surface area contributed by atoms with Crippen LogP contribution in [0.3, 0.4) is 0 Å². The zero-order valence-electron chi connectivity index (χ0n) is 18.3. The number of nitrogens with zero attached hydrogens (tertiary/aromatic N) is 2. The second kappa shape index (κ2) is 11.1. The van der Waals surface area contributed by atoms with Crippen LogP contribution >= 0.6 is 23.4 Å². The molecule has 0 atom stereocenters. The van der Waals surface area contributed by atoms with Crippen LogP contribution in [-0.2, 0) is 9.59 Å². The molecule has 174 valence electrons. The molecule has 1 heterocycles. The fourth-order valence-electron chi connectivity index (χ4n) is 3.00. The number of carbonyl (C=O) groups excluding carboxylic acids is 1. The number of methoxy groups -OCH3 is 1. The highest BCUT2D eigenvalue weighted by Gasteiger charge is 2.32. The quantitative estimate of drug-likeness (QED) is 0.502. The summed E-state index contributed by atoms with van der Waals surface area (Å²) in [6.07, 6.45) is 1.70. The first-order valence-electron chi connectivity index (χ1n) is 10.1. The van der Waals surface area contributed by atoms with Crippen LogP contribution in [0.2, 0.25) is 5.02 Å². The van der Waals surface area contributed by atoms with Crippen molar-refractivity contribution in [3.8, 4) is 17.2 Å². The number of amides is 1. The average molecular weight is 491 g/mol. The molecule has 0 aromatic heterocycles. The van der Waals surface area contributed by atoms with Gasteiger partial charge < -0.3 is 19.3 Å². The maximum Gasteiger partial charge on any atom is 0.341 e. The van der Waals surface area contributed by atoms with Crippen LogP contribution in [0.5, 0.6) is 17.2 Å². The van der Waals surface area contributed by atoms with Crippen molar-refractivity contribution in [1.82, 2.24) is 4.90 Å². The second-order valence-corrected chi connectivity index (χ2v) is 8.11. The van der Waals surface area contributed by atoms with Crippen LogP contribution in [-0.4, -0.2) is 53.9 Å². The third-order valence-corrected chi connectivity index (χ3v) is 5.76. The molecule has 33 heavy (non-hydrogen) atoms. The standard InChI is InChI=1S/C23H23ClN2O6S/c1-4-26-22(29)19(33-23(26)25-15-6-8-16(30-3)9-7-15)12-14-10-17(24)21(32-13-20(27)28)18(11-14)31-5-2/h6-12H,4-5,13H2,1-3H3,(H,27,28)/b19-12+,25-23?. The van der Waals surface area contributed by atoms with E-state index < -0.39 is 12.6 Å². The van der Waals surface area contributed by atoms with E-state index >= 15 is 0 Å². The van der Waals surface area contributed by atoms with Crippen molar-refractivity contribution in [3.63, 3.8) is 0 Å². The SMILES string of the molecule is CCOc1cc(/C=C2/SC(=Nc3ccc(OC)cc3)N(CC)C2=O)cc(Cl)c1OCC(=O)O. The van der Waals surface area contributed by atoms with Crippen LogP contribution in [0.15, 0.2) is 46.3 Å². The minimum absolute atomic E-state index is 0.144. The molecule has 1 amide bonds. The van der Waals surface area contributed by atoms with Gasteiger partial charge in [0.2, 0.25) is 0 Å². The number of rotatable bonds is 9. The summed E-state index contributed by atoms with van der Waals surface area (Å²) in [6, 6.07) is 10.5. The van der Waals surface area contributed by atoms with Gasteiger partial charge in [-0.1, -0.05) is 11.6 Å². The molecule has 10 heteroatoms. The summed E-state index contributed by atoms with van der Waals surface area (Å²) in [5, 5.41) is 9.63. The largest absolute Gasteiger partial charge is 0.497 e. The van der Waals surface area contributed by atoms with E-state index in [4.69, 9.17) is 30.9 Å². The topological polar surface area (TPSA) is 97.7 Å². The first-order valence-corrected chi connectivity index (χ1v) is 11.3. The van der Waals surface area contributed by atoms with Crippen LogP contribution < -0.4 is 14.2 Å². The van der Waals surface area contributed by atoms with E-state index in [1.807, 2.05) is 19.1 Å². The number of carbonyl (C=O) groups is 2. The molecular formula is C23H23ClN2O6S. The number of amidine groups is 1. The summed E-state index contributed by atoms with van der Waals surface area (Å²) in [5.74, 6) is -0.135. The van der Waals surface area contributed by atoms with E-state index in [2.05, 4.69) is 4.99 Å². The van der Waals surface area contributed by atoms with Gasteiger partial charge in [0, 0.05) is 6.54 Å². The van der Waals surface area contributed by atoms with Gasteiger partial charge in [-0.25, -0.2) is 9.79 Å². The van der Waals surface area contributed by atoms with Gasteiger partial charge in [0.25, 0.3) is 5.91 Å². The molecule has 0 saturated carbocycles. The van der Waals surface area contributed by atoms with Crippen molar-refractivity contribution in [2.75, 3.05) is 26.9 Å². The van der Waals surface area contributed by atoms with E-state index in [1.54, 1.807) is 49.3 Å². The van der Waals surface area contributed by atoms with Crippen LogP contribution in [0.25, 0.3) is 6.08 Å². The number of hydrogen-bond donors (Lipinski definition) is 1. The number of aliphatic imine (C=N–C) groups is 1. The molecule has 1 aliphatic heterocycles. The fraction of sp³-hybridized carbons (Fsp3) is 0.261. The Morgan fingerprint density at radius 3 is 2.55 bits per heavy atom. The number of aliphatic carboxylic acids is 1. The summed E-state index contributed by atoms with van der Waals surface area (Å²) in [5.41, 5.74) is 1.32. The smallest absolute Gasteiger partial charge is 0.341 e. The highest BCUT2D eigenvalue weighted by atomic mass is 35.5. The zero-order valence-corrected chi connectivity index (χ0v) is 19.9. The lowest BCUT2D eigenvalue weighted by Gasteiger charge is -2.13. The Labute approximate surface area is 200 Å². The molecule has 0 aliphatic carbocycles. The van der Waals surface area contributed by atoms with Gasteiger partial charge in [-0.05, 0) is 73.6 Å². The Kier molecular flexibility index (Phi) is 8.24. The first-order chi connectivity index (χ1) is 15.9. The van der Waals surface area contributed by atoms with E-state index in [1.165, 1.54) is 11.8 Å². The number of ether oxygens (including phenoxy) is 3. The number of halogens is 1. The molecule has 0 radical (unpaired) electrons. The third kappa shape index (κ3) is 6.00. The molecule has 2 aromatic carbocycles. The Balaban J connectivity index is 1.92. The van der Waals surface area contributed by atoms with Gasteiger partial charge >= 0.3 is 5.97 Å². The highest BCUT2D eigenvalue weighted by Crippen LogP contribution is 2.39. The summed E-state index contributed by atoms with van der Waals surface area (Å²) < 4.78 is 16.0. The van der Waals surface area contributed by atoms with Gasteiger partial charge in [0.05, 0.1) is 29.3 Å². The van der Waals surface area contributed by atoms with Crippen molar-refractivity contribution >= 4 is 52.2 Å². The molecule has 0 unspecified atom stereocenters. The van der Waals surface area contributed by atoms with Gasteiger partial charge in [-0.15, -0.1) is 0 Å². The lowest BCUT2D eigenvalue weighted by Crippen LogP contribution is -2.28. The van der Waals surface area contributed by atoms with E-state index in [9.17, 15) is 9.59 Å². The number of benzene rings is 2. The number of carboxylic acids is 1. The molecule has 1 N–H and O–H groups in total. The molecule has 2 aromatic rings. The van der Waals surface area contributed by atoms with E-state index in [0.717, 1.165) is 5.75 Å². The maximum atomic E-state index is 13.0. The lowest BCUT2D eigenvalue weighted by atomic mass is 10.1. The van der Waals surface area contributed by atoms with Gasteiger partial charge in [0.15, 0.2) is 23.3 Å². The molecule has 3 rings (SSSR count). The minimum Gasteiger partial charge on any atom is -0.497 e. The summed E-state index contributed by atoms with van der Waals surface area (Å²) in [6.45, 7) is 3.91. The summed E-state index contributed by atoms with van der Waals surface area (Å²) in [4.78, 5) is 30.5. The number of likely N-dealkylation sites (N-methyl/N-ethyl adjacent to an activating group) is 1. The van der Waals surface area contributed by atoms with Gasteiger partial charge in [-0.3, -0.25) is 9.69 Å². The zero-order chi connectivity index (χ0) is 24.0. The first kappa shape index (κ1) is 24.5. The molecule has 0 bridgehead atoms. The average Bonchev–Trinajstić information content (AvgIpc) is 3.07. The van der Waals surface area contributed by atoms with Crippen molar-refractivity contribution < 1.29 is 28.9 Å². The van der Waals surface area contributed by atoms with Crippen LogP contribution in [0.1, 0.15) is 19.4 Å². The maximum absolute atomic E-state index is 13.0. The van der Waals surface area contributed by atoms with Gasteiger partial charge in [-0.2, -0.15) is 0 Å². The van der Waals surface area contributed by atoms with Crippen molar-refractivity contribution in [2.24, 2.45) is 4.99 Å². The fourth-order valence-corrected chi connectivity index (χ4v) is 4.33. The predicted molar refractivity (Wildman–Crippen MR) is 129 cm³/mol. The minimum atomic E-state index is -1.13. The molecular weight excluding hydrogens is 468 g/mol. The molecule has 1 fully saturated rings. The molecule has 8 nitrogen and oxygen atoms in total. The normalized spacial score (nSPS) is 15.9. The van der Waals surface area contributed by atoms with E-state index in [-0.39, 0.29) is 16.7 Å². The van der Waals surface area contributed by atoms with Crippen molar-refractivity contribution in [2.45, 2.75) is 13.8 Å². The Hall–Kier alpha value is -3.17. The highest BCUT2D eigenvalue weighted by molar-refractivity contribution is 8.18. The van der Waals surface area contributed by atoms with Crippen LogP contribution in [0.4, 0.5) is 5.69 Å². The monoisotopic (exact) mass is 490 g/mol. The van der Waals surface area contributed by atoms with Crippen molar-refractivity contribution in [3.05, 3.63) is 51.9 Å². The number of thioether (sulfide) groups is 1. The number of carboxylic acid groups (broad SMARTS) is 1. The van der Waals surface area contributed by atoms with E-state index in [0.29, 0.717) is 40.2 Å². The Morgan fingerprint density at radius 2 is 1.94 bits per heavy atom. The summed E-state index contributed by atoms with van der Waals surface area (Å²) >= 11 is 7.59.